The first-order valence-corrected chi connectivity index (χ1v) is 13.3. The van der Waals surface area contributed by atoms with E-state index in [2.05, 4.69) is 115 Å². The van der Waals surface area contributed by atoms with Crippen LogP contribution >= 0.6 is 25.3 Å². The molecule has 0 unspecified atom stereocenters. The largest absolute Gasteiger partial charge is 0.258 e. The van der Waals surface area contributed by atoms with E-state index in [-0.39, 0.29) is 0 Å². The lowest BCUT2D eigenvalue weighted by Gasteiger charge is -2.28. The number of nitrogens with zero attached hydrogens (tertiary/aromatic N) is 1. The van der Waals surface area contributed by atoms with Gasteiger partial charge < -0.3 is 0 Å². The van der Waals surface area contributed by atoms with Gasteiger partial charge in [0.1, 0.15) is 0 Å². The molecule has 0 amide bonds. The van der Waals surface area contributed by atoms with Crippen LogP contribution in [0, 0.1) is 0 Å². The Labute approximate surface area is 223 Å². The highest BCUT2D eigenvalue weighted by molar-refractivity contribution is 7.81. The summed E-state index contributed by atoms with van der Waals surface area (Å²) in [6.07, 6.45) is 1.45. The number of hydrogen-bond acceptors (Lipinski definition) is 3. The minimum atomic E-state index is -0.413. The summed E-state index contributed by atoms with van der Waals surface area (Å²) >= 11 is 10.7. The molecule has 2 aliphatic rings. The third-order valence-electron chi connectivity index (χ3n) is 7.81. The van der Waals surface area contributed by atoms with Gasteiger partial charge >= 0.3 is 0 Å². The molecule has 4 aromatic carbocycles. The Hall–Kier alpha value is -3.27. The van der Waals surface area contributed by atoms with Crippen LogP contribution in [0.2, 0.25) is 0 Å². The molecule has 0 spiro atoms. The highest BCUT2D eigenvalue weighted by atomic mass is 32.1. The fourth-order valence-electron chi connectivity index (χ4n) is 6.24. The van der Waals surface area contributed by atoms with Crippen LogP contribution in [0.25, 0.3) is 22.3 Å². The molecule has 174 valence electrons. The van der Waals surface area contributed by atoms with Gasteiger partial charge in [-0.15, -0.1) is 0 Å². The second-order valence-electron chi connectivity index (χ2n) is 9.88. The average Bonchev–Trinajstić information content (AvgIpc) is 3.31. The molecule has 3 heteroatoms. The molecule has 1 aromatic heterocycles. The maximum Gasteiger partial charge on any atom is 0.0694 e. The van der Waals surface area contributed by atoms with Crippen LogP contribution in [0.4, 0.5) is 0 Å². The van der Waals surface area contributed by atoms with Crippen molar-refractivity contribution in [2.45, 2.75) is 22.3 Å². The molecule has 0 saturated carbocycles. The van der Waals surface area contributed by atoms with E-state index < -0.39 is 9.49 Å². The van der Waals surface area contributed by atoms with Gasteiger partial charge in [-0.1, -0.05) is 103 Å². The van der Waals surface area contributed by atoms with Crippen molar-refractivity contribution in [3.05, 3.63) is 149 Å². The molecule has 0 N–H and O–H groups in total. The highest BCUT2D eigenvalue weighted by Gasteiger charge is 2.42. The van der Waals surface area contributed by atoms with Gasteiger partial charge in [-0.05, 0) is 56.6 Å². The van der Waals surface area contributed by atoms with Crippen LogP contribution in [0.3, 0.4) is 0 Å². The third-order valence-corrected chi connectivity index (χ3v) is 9.09. The maximum atomic E-state index is 5.34. The molecule has 0 fully saturated rings. The smallest absolute Gasteiger partial charge is 0.0694 e. The van der Waals surface area contributed by atoms with Gasteiger partial charge in [0.25, 0.3) is 0 Å². The SMILES string of the molecule is SC1(Cc2cccc(CC3(S)c4ccccc4-c4ccccc43)n2)c2ccccc2-c2ccccc21. The van der Waals surface area contributed by atoms with Gasteiger partial charge in [0, 0.05) is 24.2 Å². The third kappa shape index (κ3) is 3.16. The van der Waals surface area contributed by atoms with Crippen molar-refractivity contribution in [2.24, 2.45) is 0 Å². The second kappa shape index (κ2) is 8.12. The van der Waals surface area contributed by atoms with Gasteiger partial charge in [0.2, 0.25) is 0 Å². The molecule has 2 aliphatic carbocycles. The van der Waals surface area contributed by atoms with Crippen molar-refractivity contribution in [1.29, 1.82) is 0 Å². The minimum Gasteiger partial charge on any atom is -0.258 e. The summed E-state index contributed by atoms with van der Waals surface area (Å²) in [4.78, 5) is 5.18. The van der Waals surface area contributed by atoms with Gasteiger partial charge in [-0.2, -0.15) is 25.3 Å². The Balaban J connectivity index is 1.27. The van der Waals surface area contributed by atoms with E-state index in [0.29, 0.717) is 0 Å². The van der Waals surface area contributed by atoms with Crippen LogP contribution in [0.1, 0.15) is 33.6 Å². The molecule has 0 bridgehead atoms. The lowest BCUT2D eigenvalue weighted by atomic mass is 9.89. The molecule has 36 heavy (non-hydrogen) atoms. The lowest BCUT2D eigenvalue weighted by Crippen LogP contribution is -2.24. The fraction of sp³-hybridized carbons (Fsp3) is 0.121. The van der Waals surface area contributed by atoms with Crippen LogP contribution < -0.4 is 0 Å². The Morgan fingerprint density at radius 3 is 1.06 bits per heavy atom. The topological polar surface area (TPSA) is 12.9 Å². The number of aromatic nitrogens is 1. The summed E-state index contributed by atoms with van der Waals surface area (Å²) in [7, 11) is 0. The maximum absolute atomic E-state index is 5.34. The van der Waals surface area contributed by atoms with Crippen LogP contribution in [-0.4, -0.2) is 4.98 Å². The van der Waals surface area contributed by atoms with Crippen LogP contribution in [0.5, 0.6) is 0 Å². The summed E-state index contributed by atoms with van der Waals surface area (Å²) in [5, 5.41) is 0. The predicted octanol–water partition coefficient (Wildman–Crippen LogP) is 7.87. The van der Waals surface area contributed by atoms with E-state index in [4.69, 9.17) is 30.2 Å². The Kier molecular flexibility index (Phi) is 4.96. The van der Waals surface area contributed by atoms with E-state index >= 15 is 0 Å². The number of pyridine rings is 1. The van der Waals surface area contributed by atoms with E-state index in [0.717, 1.165) is 24.2 Å². The number of benzene rings is 4. The predicted molar refractivity (Wildman–Crippen MR) is 155 cm³/mol. The number of hydrogen-bond donors (Lipinski definition) is 2. The normalized spacial score (nSPS) is 15.6. The van der Waals surface area contributed by atoms with Crippen molar-refractivity contribution < 1.29 is 0 Å². The molecule has 7 rings (SSSR count). The average molecular weight is 500 g/mol. The highest BCUT2D eigenvalue weighted by Crippen LogP contribution is 2.54. The summed E-state index contributed by atoms with van der Waals surface area (Å²) in [6.45, 7) is 0. The molecule has 5 aromatic rings. The zero-order valence-corrected chi connectivity index (χ0v) is 21.5. The van der Waals surface area contributed by atoms with E-state index in [9.17, 15) is 0 Å². The lowest BCUT2D eigenvalue weighted by molar-refractivity contribution is 0.710. The van der Waals surface area contributed by atoms with Crippen molar-refractivity contribution in [3.8, 4) is 22.3 Å². The number of fused-ring (bicyclic) bond motifs is 6. The number of rotatable bonds is 4. The van der Waals surface area contributed by atoms with Gasteiger partial charge in [-0.3, -0.25) is 4.98 Å². The van der Waals surface area contributed by atoms with Crippen molar-refractivity contribution in [3.63, 3.8) is 0 Å². The van der Waals surface area contributed by atoms with E-state index in [1.165, 1.54) is 44.5 Å². The quantitative estimate of drug-likeness (QED) is 0.240. The Morgan fingerprint density at radius 2 is 0.722 bits per heavy atom. The Morgan fingerprint density at radius 1 is 0.417 bits per heavy atom. The van der Waals surface area contributed by atoms with Crippen LogP contribution in [-0.2, 0) is 22.3 Å². The molecule has 0 saturated heterocycles. The second-order valence-corrected chi connectivity index (χ2v) is 11.4. The summed E-state index contributed by atoms with van der Waals surface area (Å²) in [5.41, 5.74) is 12.2. The molecular formula is C33H25NS2. The van der Waals surface area contributed by atoms with Crippen molar-refractivity contribution >= 4 is 25.3 Å². The van der Waals surface area contributed by atoms with Gasteiger partial charge in [-0.25, -0.2) is 0 Å². The first kappa shape index (κ1) is 22.0. The fourth-order valence-corrected chi connectivity index (χ4v) is 7.34. The van der Waals surface area contributed by atoms with Crippen LogP contribution in [0.15, 0.2) is 115 Å². The summed E-state index contributed by atoms with van der Waals surface area (Å²) in [5.74, 6) is 0. The molecule has 0 atom stereocenters. The Bertz CT molecular complexity index is 1430. The minimum absolute atomic E-state index is 0.413. The first-order chi connectivity index (χ1) is 17.6. The molecular weight excluding hydrogens is 475 g/mol. The van der Waals surface area contributed by atoms with E-state index in [1.807, 2.05) is 0 Å². The molecule has 0 aliphatic heterocycles. The van der Waals surface area contributed by atoms with Crippen molar-refractivity contribution in [2.75, 3.05) is 0 Å². The standard InChI is InChI=1S/C33H25NS2/c35-32(28-16-5-1-12-24(28)25-13-2-6-17-29(25)32)20-22-10-9-11-23(34-22)21-33(36)30-18-7-3-14-26(30)27-15-4-8-19-31(27)33/h1-19,35-36H,20-21H2. The summed E-state index contributed by atoms with van der Waals surface area (Å²) in [6, 6.07) is 40.9. The monoisotopic (exact) mass is 499 g/mol. The van der Waals surface area contributed by atoms with Crippen molar-refractivity contribution in [1.82, 2.24) is 4.98 Å². The van der Waals surface area contributed by atoms with E-state index in [1.54, 1.807) is 0 Å². The van der Waals surface area contributed by atoms with Gasteiger partial charge in [0.15, 0.2) is 0 Å². The zero-order valence-electron chi connectivity index (χ0n) is 19.7. The molecule has 1 heterocycles. The first-order valence-electron chi connectivity index (χ1n) is 12.4. The zero-order chi connectivity index (χ0) is 24.3. The van der Waals surface area contributed by atoms with Gasteiger partial charge in [0.05, 0.1) is 9.49 Å². The summed E-state index contributed by atoms with van der Waals surface area (Å²) < 4.78 is -0.825. The number of thiol groups is 2. The molecule has 1 nitrogen and oxygen atoms in total. The molecule has 0 radical (unpaired) electrons.